The van der Waals surface area contributed by atoms with Crippen LogP contribution in [0, 0.1) is 6.61 Å². The van der Waals surface area contributed by atoms with Crippen molar-refractivity contribution in [1.82, 2.24) is 0 Å². The van der Waals surface area contributed by atoms with Gasteiger partial charge in [-0.1, -0.05) is 30.3 Å². The Balaban J connectivity index is 2.23. The molecule has 14 heavy (non-hydrogen) atoms. The van der Waals surface area contributed by atoms with Crippen molar-refractivity contribution in [3.63, 3.8) is 0 Å². The standard InChI is InChI=1S/C9H11O4S/c10-14(11,12)7-6-13-8-9-4-2-1-3-5-9/h1-6H,7-8H2,(H,10,11,12). The molecule has 0 saturated carbocycles. The minimum absolute atomic E-state index is 0.302. The first kappa shape index (κ1) is 11.2. The predicted octanol–water partition coefficient (Wildman–Crippen LogP) is 1.25. The zero-order valence-corrected chi connectivity index (χ0v) is 8.28. The van der Waals surface area contributed by atoms with E-state index in [1.165, 1.54) is 0 Å². The highest BCUT2D eigenvalue weighted by Gasteiger charge is 2.03. The normalized spacial score (nSPS) is 11.5. The van der Waals surface area contributed by atoms with Crippen LogP contribution in [0.5, 0.6) is 0 Å². The highest BCUT2D eigenvalue weighted by atomic mass is 32.2. The zero-order valence-electron chi connectivity index (χ0n) is 7.46. The first-order valence-corrected chi connectivity index (χ1v) is 5.61. The van der Waals surface area contributed by atoms with Gasteiger partial charge >= 0.3 is 0 Å². The Morgan fingerprint density at radius 1 is 1.29 bits per heavy atom. The smallest absolute Gasteiger partial charge is 0.267 e. The molecule has 1 rings (SSSR count). The van der Waals surface area contributed by atoms with Crippen LogP contribution in [0.4, 0.5) is 0 Å². The van der Waals surface area contributed by atoms with Crippen molar-refractivity contribution < 1.29 is 17.7 Å². The first-order chi connectivity index (χ1) is 6.58. The number of hydrogen-bond donors (Lipinski definition) is 1. The van der Waals surface area contributed by atoms with Gasteiger partial charge in [-0.25, -0.2) is 0 Å². The van der Waals surface area contributed by atoms with E-state index in [0.29, 0.717) is 6.61 Å². The topological polar surface area (TPSA) is 63.6 Å². The molecule has 1 radical (unpaired) electrons. The fourth-order valence-electron chi connectivity index (χ4n) is 0.863. The third kappa shape index (κ3) is 4.96. The van der Waals surface area contributed by atoms with Crippen molar-refractivity contribution in [2.75, 3.05) is 5.75 Å². The van der Waals surface area contributed by atoms with E-state index in [9.17, 15) is 8.42 Å². The maximum atomic E-state index is 10.3. The van der Waals surface area contributed by atoms with Gasteiger partial charge in [-0.2, -0.15) is 8.42 Å². The molecule has 5 heteroatoms. The molecule has 0 aliphatic heterocycles. The SMILES string of the molecule is O=S(=O)(O)C[CH]OCc1ccccc1. The van der Waals surface area contributed by atoms with Gasteiger partial charge in [-0.15, -0.1) is 0 Å². The molecular formula is C9H11O4S. The second-order valence-corrected chi connectivity index (χ2v) is 4.21. The van der Waals surface area contributed by atoms with Crippen LogP contribution < -0.4 is 0 Å². The molecule has 0 fully saturated rings. The van der Waals surface area contributed by atoms with Gasteiger partial charge in [0.05, 0.1) is 6.61 Å². The van der Waals surface area contributed by atoms with Crippen LogP contribution in [0.3, 0.4) is 0 Å². The molecule has 0 aliphatic rings. The van der Waals surface area contributed by atoms with Crippen LogP contribution in [0.25, 0.3) is 0 Å². The summed E-state index contributed by atoms with van der Waals surface area (Å²) in [5, 5.41) is 0. The summed E-state index contributed by atoms with van der Waals surface area (Å²) in [4.78, 5) is 0. The van der Waals surface area contributed by atoms with E-state index in [1.54, 1.807) is 0 Å². The second kappa shape index (κ2) is 5.09. The van der Waals surface area contributed by atoms with Gasteiger partial charge in [0.1, 0.15) is 12.4 Å². The molecule has 0 bridgehead atoms. The van der Waals surface area contributed by atoms with Crippen LogP contribution in [-0.4, -0.2) is 18.7 Å². The lowest BCUT2D eigenvalue weighted by atomic mass is 10.2. The summed E-state index contributed by atoms with van der Waals surface area (Å²) in [5.74, 6) is -0.486. The van der Waals surface area contributed by atoms with Gasteiger partial charge in [-0.3, -0.25) is 4.55 Å². The highest BCUT2D eigenvalue weighted by Crippen LogP contribution is 2.01. The summed E-state index contributed by atoms with van der Waals surface area (Å²) in [6, 6.07) is 9.33. The van der Waals surface area contributed by atoms with Crippen LogP contribution in [0.1, 0.15) is 5.56 Å². The lowest BCUT2D eigenvalue weighted by molar-refractivity contribution is 0.191. The Kier molecular flexibility index (Phi) is 4.06. The Hall–Kier alpha value is -0.910. The highest BCUT2D eigenvalue weighted by molar-refractivity contribution is 7.85. The molecule has 0 atom stereocenters. The molecule has 77 valence electrons. The molecule has 0 aliphatic carbocycles. The van der Waals surface area contributed by atoms with E-state index in [-0.39, 0.29) is 0 Å². The lowest BCUT2D eigenvalue weighted by Crippen LogP contribution is -2.06. The molecule has 0 amide bonds. The number of hydrogen-bond acceptors (Lipinski definition) is 3. The molecule has 1 aromatic carbocycles. The quantitative estimate of drug-likeness (QED) is 0.593. The van der Waals surface area contributed by atoms with Gasteiger partial charge in [-0.05, 0) is 5.56 Å². The molecule has 1 aromatic rings. The average molecular weight is 215 g/mol. The van der Waals surface area contributed by atoms with E-state index >= 15 is 0 Å². The molecular weight excluding hydrogens is 204 g/mol. The Morgan fingerprint density at radius 2 is 1.93 bits per heavy atom. The van der Waals surface area contributed by atoms with Gasteiger partial charge in [0.2, 0.25) is 0 Å². The minimum atomic E-state index is -3.96. The molecule has 0 aromatic heterocycles. The van der Waals surface area contributed by atoms with Gasteiger partial charge in [0.15, 0.2) is 0 Å². The van der Waals surface area contributed by atoms with Crippen LogP contribution in [0.15, 0.2) is 30.3 Å². The molecule has 4 nitrogen and oxygen atoms in total. The zero-order chi connectivity index (χ0) is 10.4. The summed E-state index contributed by atoms with van der Waals surface area (Å²) in [7, 11) is -3.96. The maximum absolute atomic E-state index is 10.3. The van der Waals surface area contributed by atoms with E-state index in [0.717, 1.165) is 12.2 Å². The summed E-state index contributed by atoms with van der Waals surface area (Å²) in [6.07, 6.45) is 0. The summed E-state index contributed by atoms with van der Waals surface area (Å²) < 4.78 is 33.9. The van der Waals surface area contributed by atoms with Crippen molar-refractivity contribution in [3.05, 3.63) is 42.5 Å². The minimum Gasteiger partial charge on any atom is -0.370 e. The summed E-state index contributed by atoms with van der Waals surface area (Å²) >= 11 is 0. The third-order valence-electron chi connectivity index (χ3n) is 1.49. The number of benzene rings is 1. The maximum Gasteiger partial charge on any atom is 0.267 e. The van der Waals surface area contributed by atoms with E-state index in [4.69, 9.17) is 9.29 Å². The first-order valence-electron chi connectivity index (χ1n) is 4.00. The predicted molar refractivity (Wildman–Crippen MR) is 51.9 cm³/mol. The lowest BCUT2D eigenvalue weighted by Gasteiger charge is -2.01. The monoisotopic (exact) mass is 215 g/mol. The Bertz CT molecular complexity index is 358. The van der Waals surface area contributed by atoms with Crippen molar-refractivity contribution in [3.8, 4) is 0 Å². The Morgan fingerprint density at radius 3 is 2.50 bits per heavy atom. The number of rotatable bonds is 5. The Labute approximate surface area is 83.3 Å². The van der Waals surface area contributed by atoms with Crippen LogP contribution in [0.2, 0.25) is 0 Å². The van der Waals surface area contributed by atoms with Crippen molar-refractivity contribution in [2.45, 2.75) is 6.61 Å². The van der Waals surface area contributed by atoms with Gasteiger partial charge in [0.25, 0.3) is 10.1 Å². The van der Waals surface area contributed by atoms with Gasteiger partial charge < -0.3 is 4.74 Å². The molecule has 1 N–H and O–H groups in total. The number of ether oxygens (including phenoxy) is 1. The van der Waals surface area contributed by atoms with E-state index in [2.05, 4.69) is 0 Å². The molecule has 0 unspecified atom stereocenters. The molecule has 0 spiro atoms. The average Bonchev–Trinajstić information content (AvgIpc) is 2.13. The second-order valence-electron chi connectivity index (χ2n) is 2.71. The fraction of sp³-hybridized carbons (Fsp3) is 0.222. The van der Waals surface area contributed by atoms with Crippen LogP contribution in [-0.2, 0) is 21.5 Å². The van der Waals surface area contributed by atoms with Crippen molar-refractivity contribution in [1.29, 1.82) is 0 Å². The molecule has 0 saturated heterocycles. The van der Waals surface area contributed by atoms with E-state index in [1.807, 2.05) is 30.3 Å². The molecule has 0 heterocycles. The van der Waals surface area contributed by atoms with Crippen molar-refractivity contribution in [2.24, 2.45) is 0 Å². The van der Waals surface area contributed by atoms with Gasteiger partial charge in [0, 0.05) is 0 Å². The summed E-state index contributed by atoms with van der Waals surface area (Å²) in [5.41, 5.74) is 0.944. The third-order valence-corrected chi connectivity index (χ3v) is 2.05. The summed E-state index contributed by atoms with van der Waals surface area (Å²) in [6.45, 7) is 1.37. The van der Waals surface area contributed by atoms with Crippen molar-refractivity contribution >= 4 is 10.1 Å². The van der Waals surface area contributed by atoms with E-state index < -0.39 is 15.9 Å². The largest absolute Gasteiger partial charge is 0.370 e. The van der Waals surface area contributed by atoms with Crippen LogP contribution >= 0.6 is 0 Å². The fourth-order valence-corrected chi connectivity index (χ4v) is 1.13.